The lowest BCUT2D eigenvalue weighted by Gasteiger charge is -2.51. The second-order valence-corrected chi connectivity index (χ2v) is 7.68. The van der Waals surface area contributed by atoms with Gasteiger partial charge in [-0.3, -0.25) is 4.90 Å². The minimum Gasteiger partial charge on any atom is -0.308 e. The summed E-state index contributed by atoms with van der Waals surface area (Å²) in [6.45, 7) is 10.4. The lowest BCUT2D eigenvalue weighted by atomic mass is 9.87. The van der Waals surface area contributed by atoms with Gasteiger partial charge >= 0.3 is 0 Å². The van der Waals surface area contributed by atoms with Gasteiger partial charge in [-0.15, -0.1) is 0 Å². The van der Waals surface area contributed by atoms with E-state index in [9.17, 15) is 0 Å². The molecule has 0 aromatic heterocycles. The number of benzene rings is 1. The molecule has 2 fully saturated rings. The minimum atomic E-state index is 0.247. The van der Waals surface area contributed by atoms with Crippen LogP contribution >= 0.6 is 0 Å². The van der Waals surface area contributed by atoms with E-state index < -0.39 is 0 Å². The Kier molecular flexibility index (Phi) is 4.11. The quantitative estimate of drug-likeness (QED) is 0.910. The molecule has 0 bridgehead atoms. The molecule has 1 aromatic carbocycles. The van der Waals surface area contributed by atoms with Gasteiger partial charge in [-0.1, -0.05) is 44.0 Å². The first-order valence-corrected chi connectivity index (χ1v) is 8.61. The summed E-state index contributed by atoms with van der Waals surface area (Å²) in [5.74, 6) is 0. The molecule has 0 unspecified atom stereocenters. The third-order valence-corrected chi connectivity index (χ3v) is 5.61. The summed E-state index contributed by atoms with van der Waals surface area (Å²) in [5, 5.41) is 3.88. The van der Waals surface area contributed by atoms with Crippen LogP contribution in [0.2, 0.25) is 0 Å². The van der Waals surface area contributed by atoms with Gasteiger partial charge in [0.25, 0.3) is 0 Å². The van der Waals surface area contributed by atoms with Crippen molar-refractivity contribution in [2.75, 3.05) is 13.1 Å². The first kappa shape index (κ1) is 15.1. The molecule has 1 aliphatic heterocycles. The van der Waals surface area contributed by atoms with E-state index in [1.54, 1.807) is 0 Å². The molecule has 0 radical (unpaired) electrons. The second kappa shape index (κ2) is 5.73. The molecule has 21 heavy (non-hydrogen) atoms. The molecular formula is C19H30N2. The zero-order chi connectivity index (χ0) is 14.9. The van der Waals surface area contributed by atoms with Gasteiger partial charge in [0.1, 0.15) is 0 Å². The number of hydrogen-bond acceptors (Lipinski definition) is 2. The first-order chi connectivity index (χ1) is 10.0. The summed E-state index contributed by atoms with van der Waals surface area (Å²) in [7, 11) is 0. The van der Waals surface area contributed by atoms with Crippen LogP contribution in [0.5, 0.6) is 0 Å². The molecule has 1 aliphatic carbocycles. The van der Waals surface area contributed by atoms with E-state index in [0.717, 1.165) is 19.5 Å². The van der Waals surface area contributed by atoms with Gasteiger partial charge in [0.2, 0.25) is 0 Å². The van der Waals surface area contributed by atoms with E-state index in [4.69, 9.17) is 0 Å². The third-order valence-electron chi connectivity index (χ3n) is 5.61. The molecule has 0 atom stereocenters. The van der Waals surface area contributed by atoms with Crippen LogP contribution in [-0.4, -0.2) is 29.1 Å². The summed E-state index contributed by atoms with van der Waals surface area (Å²) < 4.78 is 0. The summed E-state index contributed by atoms with van der Waals surface area (Å²) in [5.41, 5.74) is 3.54. The van der Waals surface area contributed by atoms with E-state index in [1.165, 1.54) is 43.4 Å². The van der Waals surface area contributed by atoms with Crippen molar-refractivity contribution in [1.29, 1.82) is 0 Å². The predicted octanol–water partition coefficient (Wildman–Crippen LogP) is 3.75. The summed E-state index contributed by atoms with van der Waals surface area (Å²) in [6, 6.07) is 9.21. The van der Waals surface area contributed by atoms with Crippen molar-refractivity contribution in [1.82, 2.24) is 10.2 Å². The zero-order valence-electron chi connectivity index (χ0n) is 13.9. The van der Waals surface area contributed by atoms with Crippen molar-refractivity contribution < 1.29 is 0 Å². The fraction of sp³-hybridized carbons (Fsp3) is 0.684. The number of nitrogens with one attached hydrogen (secondary N) is 1. The van der Waals surface area contributed by atoms with Crippen molar-refractivity contribution in [3.05, 3.63) is 35.4 Å². The number of aryl methyl sites for hydroxylation is 1. The van der Waals surface area contributed by atoms with Gasteiger partial charge in [0.15, 0.2) is 0 Å². The Hall–Kier alpha value is -0.860. The largest absolute Gasteiger partial charge is 0.308 e. The Morgan fingerprint density at radius 3 is 2.29 bits per heavy atom. The average Bonchev–Trinajstić information content (AvgIpc) is 2.93. The van der Waals surface area contributed by atoms with E-state index >= 15 is 0 Å². The summed E-state index contributed by atoms with van der Waals surface area (Å²) in [6.07, 6.45) is 6.63. The van der Waals surface area contributed by atoms with E-state index in [-0.39, 0.29) is 5.54 Å². The molecule has 1 aromatic rings. The van der Waals surface area contributed by atoms with Crippen LogP contribution in [0.15, 0.2) is 24.3 Å². The fourth-order valence-electron chi connectivity index (χ4n) is 3.91. The molecule has 1 saturated heterocycles. The maximum absolute atomic E-state index is 3.88. The van der Waals surface area contributed by atoms with E-state index in [2.05, 4.69) is 55.3 Å². The summed E-state index contributed by atoms with van der Waals surface area (Å²) in [4.78, 5) is 2.70. The Morgan fingerprint density at radius 1 is 1.05 bits per heavy atom. The van der Waals surface area contributed by atoms with E-state index in [1.807, 2.05) is 0 Å². The maximum atomic E-state index is 3.88. The first-order valence-electron chi connectivity index (χ1n) is 8.61. The number of rotatable bonds is 3. The highest BCUT2D eigenvalue weighted by atomic mass is 15.3. The molecule has 3 rings (SSSR count). The Morgan fingerprint density at radius 2 is 1.67 bits per heavy atom. The lowest BCUT2D eigenvalue weighted by molar-refractivity contribution is 0.0217. The minimum absolute atomic E-state index is 0.247. The van der Waals surface area contributed by atoms with Crippen molar-refractivity contribution in [2.24, 2.45) is 0 Å². The molecule has 1 heterocycles. The number of hydrogen-bond donors (Lipinski definition) is 1. The Balaban J connectivity index is 1.73. The van der Waals surface area contributed by atoms with Gasteiger partial charge < -0.3 is 5.32 Å². The van der Waals surface area contributed by atoms with Gasteiger partial charge in [-0.05, 0) is 44.2 Å². The van der Waals surface area contributed by atoms with Gasteiger partial charge in [0.05, 0.1) is 0 Å². The molecule has 1 N–H and O–H groups in total. The fourth-order valence-corrected chi connectivity index (χ4v) is 3.91. The van der Waals surface area contributed by atoms with Gasteiger partial charge in [-0.2, -0.15) is 0 Å². The van der Waals surface area contributed by atoms with Crippen LogP contribution in [0.25, 0.3) is 0 Å². The highest BCUT2D eigenvalue weighted by molar-refractivity contribution is 5.23. The highest BCUT2D eigenvalue weighted by Gasteiger charge is 2.43. The third kappa shape index (κ3) is 3.17. The van der Waals surface area contributed by atoms with Crippen molar-refractivity contribution in [3.63, 3.8) is 0 Å². The smallest absolute Gasteiger partial charge is 0.0309 e. The highest BCUT2D eigenvalue weighted by Crippen LogP contribution is 2.36. The van der Waals surface area contributed by atoms with E-state index in [0.29, 0.717) is 5.54 Å². The Labute approximate surface area is 129 Å². The van der Waals surface area contributed by atoms with Crippen LogP contribution in [0.1, 0.15) is 57.6 Å². The second-order valence-electron chi connectivity index (χ2n) is 7.68. The van der Waals surface area contributed by atoms with Gasteiger partial charge in [0, 0.05) is 30.7 Å². The summed E-state index contributed by atoms with van der Waals surface area (Å²) >= 11 is 0. The SMILES string of the molecule is CCc1ccc(CN2CC3(CCCC3)NCC2(C)C)cc1. The molecular weight excluding hydrogens is 256 g/mol. The standard InChI is InChI=1S/C19H30N2/c1-4-16-7-9-17(10-8-16)13-21-15-19(11-5-6-12-19)20-14-18(21,2)3/h7-10,20H,4-6,11-15H2,1-3H3. The molecule has 116 valence electrons. The average molecular weight is 286 g/mol. The van der Waals surface area contributed by atoms with Crippen LogP contribution in [0.4, 0.5) is 0 Å². The van der Waals surface area contributed by atoms with Crippen LogP contribution in [0, 0.1) is 0 Å². The molecule has 1 saturated carbocycles. The monoisotopic (exact) mass is 286 g/mol. The maximum Gasteiger partial charge on any atom is 0.0309 e. The Bertz CT molecular complexity index is 469. The van der Waals surface area contributed by atoms with Crippen LogP contribution in [-0.2, 0) is 13.0 Å². The van der Waals surface area contributed by atoms with Crippen molar-refractivity contribution in [3.8, 4) is 0 Å². The molecule has 1 spiro atoms. The van der Waals surface area contributed by atoms with Gasteiger partial charge in [-0.25, -0.2) is 0 Å². The normalized spacial score (nSPS) is 24.5. The predicted molar refractivity (Wildman–Crippen MR) is 89.5 cm³/mol. The van der Waals surface area contributed by atoms with Crippen molar-refractivity contribution in [2.45, 2.75) is 70.5 Å². The van der Waals surface area contributed by atoms with Crippen LogP contribution < -0.4 is 5.32 Å². The van der Waals surface area contributed by atoms with Crippen molar-refractivity contribution >= 4 is 0 Å². The number of piperazine rings is 1. The molecule has 2 nitrogen and oxygen atoms in total. The molecule has 0 amide bonds. The topological polar surface area (TPSA) is 15.3 Å². The van der Waals surface area contributed by atoms with Crippen LogP contribution in [0.3, 0.4) is 0 Å². The zero-order valence-corrected chi connectivity index (χ0v) is 13.9. The number of nitrogens with zero attached hydrogens (tertiary/aromatic N) is 1. The molecule has 2 heteroatoms. The lowest BCUT2D eigenvalue weighted by Crippen LogP contribution is -2.66. The molecule has 2 aliphatic rings.